The van der Waals surface area contributed by atoms with Crippen molar-refractivity contribution in [2.24, 2.45) is 0 Å². The van der Waals surface area contributed by atoms with E-state index in [-0.39, 0.29) is 0 Å². The van der Waals surface area contributed by atoms with Gasteiger partial charge in [0.2, 0.25) is 0 Å². The molecule has 6 heteroatoms. The molecule has 0 radical (unpaired) electrons. The van der Waals surface area contributed by atoms with Gasteiger partial charge in [-0.3, -0.25) is 0 Å². The third kappa shape index (κ3) is 3.37. The number of hydrogen-bond acceptors (Lipinski definition) is 5. The van der Waals surface area contributed by atoms with Crippen LogP contribution in [0.3, 0.4) is 0 Å². The molecule has 0 saturated carbocycles. The van der Waals surface area contributed by atoms with Gasteiger partial charge in [0.05, 0.1) is 10.2 Å². The molecule has 0 saturated heterocycles. The van der Waals surface area contributed by atoms with Gasteiger partial charge >= 0.3 is 11.6 Å². The number of rotatable bonds is 4. The van der Waals surface area contributed by atoms with Gasteiger partial charge in [0.15, 0.2) is 11.7 Å². The van der Waals surface area contributed by atoms with E-state index in [2.05, 4.69) is 0 Å². The highest BCUT2D eigenvalue weighted by Gasteiger charge is 2.19. The van der Waals surface area contributed by atoms with Crippen LogP contribution in [0.4, 0.5) is 0 Å². The van der Waals surface area contributed by atoms with E-state index in [9.17, 15) is 9.59 Å². The lowest BCUT2D eigenvalue weighted by atomic mass is 10.1. The highest BCUT2D eigenvalue weighted by Crippen LogP contribution is 2.30. The van der Waals surface area contributed by atoms with Crippen LogP contribution in [-0.2, 0) is 9.53 Å². The Morgan fingerprint density at radius 3 is 2.81 bits per heavy atom. The molecule has 0 N–H and O–H groups in total. The molecule has 1 heterocycles. The molecule has 0 spiro atoms. The predicted octanol–water partition coefficient (Wildman–Crippen LogP) is 3.04. The van der Waals surface area contributed by atoms with Crippen LogP contribution in [0, 0.1) is 10.5 Å². The Kier molecular flexibility index (Phi) is 4.87. The van der Waals surface area contributed by atoms with Crippen LogP contribution in [0.2, 0.25) is 0 Å². The minimum Gasteiger partial charge on any atom is -0.478 e. The highest BCUT2D eigenvalue weighted by molar-refractivity contribution is 14.1. The highest BCUT2D eigenvalue weighted by atomic mass is 127. The van der Waals surface area contributed by atoms with Crippen LogP contribution in [-0.4, -0.2) is 18.7 Å². The molecule has 2 aromatic rings. The number of carbonyl (C=O) groups excluding carboxylic acids is 1. The first-order valence-electron chi connectivity index (χ1n) is 6.50. The zero-order valence-electron chi connectivity index (χ0n) is 11.9. The van der Waals surface area contributed by atoms with Crippen molar-refractivity contribution in [3.8, 4) is 5.75 Å². The minimum absolute atomic E-state index is 0.301. The first-order chi connectivity index (χ1) is 9.93. The molecule has 1 aromatic heterocycles. The standard InChI is InChI=1S/C15H15IO5/c1-4-19-15(18)9(3)20-11-6-5-10-8(2)7-12(17)21-14(10)13(11)16/h5-7,9H,4H2,1-3H3/t9-/m0/s1. The van der Waals surface area contributed by atoms with Crippen LogP contribution in [0.1, 0.15) is 19.4 Å². The Morgan fingerprint density at radius 1 is 1.43 bits per heavy atom. The zero-order valence-corrected chi connectivity index (χ0v) is 14.1. The van der Waals surface area contributed by atoms with Gasteiger partial charge in [0.25, 0.3) is 0 Å². The summed E-state index contributed by atoms with van der Waals surface area (Å²) in [7, 11) is 0. The maximum absolute atomic E-state index is 11.6. The zero-order chi connectivity index (χ0) is 15.6. The van der Waals surface area contributed by atoms with Gasteiger partial charge in [-0.2, -0.15) is 0 Å². The second-order valence-electron chi connectivity index (χ2n) is 4.51. The summed E-state index contributed by atoms with van der Waals surface area (Å²) in [5, 5.41) is 0.843. The average molecular weight is 402 g/mol. The number of esters is 1. The van der Waals surface area contributed by atoms with Crippen LogP contribution >= 0.6 is 22.6 Å². The number of halogens is 1. The summed E-state index contributed by atoms with van der Waals surface area (Å²) in [5.41, 5.74) is 0.895. The monoisotopic (exact) mass is 402 g/mol. The molecular weight excluding hydrogens is 387 g/mol. The SMILES string of the molecule is CCOC(=O)[C@H](C)Oc1ccc2c(C)cc(=O)oc2c1I. The molecule has 0 fully saturated rings. The summed E-state index contributed by atoms with van der Waals surface area (Å²) in [5.74, 6) is 0.0523. The quantitative estimate of drug-likeness (QED) is 0.447. The van der Waals surface area contributed by atoms with Gasteiger partial charge in [0, 0.05) is 11.5 Å². The fourth-order valence-corrected chi connectivity index (χ4v) is 2.63. The van der Waals surface area contributed by atoms with Gasteiger partial charge in [-0.05, 0) is 61.1 Å². The predicted molar refractivity (Wildman–Crippen MR) is 86.7 cm³/mol. The molecule has 0 aliphatic carbocycles. The number of fused-ring (bicyclic) bond motifs is 1. The fourth-order valence-electron chi connectivity index (χ4n) is 1.92. The van der Waals surface area contributed by atoms with E-state index in [1.54, 1.807) is 19.9 Å². The molecule has 0 aliphatic rings. The third-order valence-corrected chi connectivity index (χ3v) is 3.97. The third-order valence-electron chi connectivity index (χ3n) is 2.95. The Morgan fingerprint density at radius 2 is 2.14 bits per heavy atom. The molecule has 5 nitrogen and oxygen atoms in total. The summed E-state index contributed by atoms with van der Waals surface area (Å²) in [6.45, 7) is 5.50. The van der Waals surface area contributed by atoms with Crippen molar-refractivity contribution in [1.82, 2.24) is 0 Å². The van der Waals surface area contributed by atoms with Crippen molar-refractivity contribution >= 4 is 39.5 Å². The molecule has 0 amide bonds. The van der Waals surface area contributed by atoms with Gasteiger partial charge in [0.1, 0.15) is 5.75 Å². The van der Waals surface area contributed by atoms with E-state index in [1.165, 1.54) is 6.07 Å². The Balaban J connectivity index is 2.40. The van der Waals surface area contributed by atoms with Crippen molar-refractivity contribution in [3.05, 3.63) is 37.8 Å². The van der Waals surface area contributed by atoms with Crippen molar-refractivity contribution < 1.29 is 18.7 Å². The van der Waals surface area contributed by atoms with Crippen molar-refractivity contribution in [2.45, 2.75) is 26.9 Å². The van der Waals surface area contributed by atoms with Crippen molar-refractivity contribution in [3.63, 3.8) is 0 Å². The minimum atomic E-state index is -0.729. The van der Waals surface area contributed by atoms with E-state index in [0.717, 1.165) is 10.9 Å². The molecular formula is C15H15IO5. The maximum Gasteiger partial charge on any atom is 0.347 e. The Hall–Kier alpha value is -1.57. The van der Waals surface area contributed by atoms with E-state index in [0.29, 0.717) is 21.5 Å². The van der Waals surface area contributed by atoms with E-state index in [4.69, 9.17) is 13.9 Å². The Labute approximate surface area is 135 Å². The first-order valence-corrected chi connectivity index (χ1v) is 7.58. The summed E-state index contributed by atoms with van der Waals surface area (Å²) < 4.78 is 16.4. The number of hydrogen-bond donors (Lipinski definition) is 0. The maximum atomic E-state index is 11.6. The summed E-state index contributed by atoms with van der Waals surface area (Å²) >= 11 is 2.04. The van der Waals surface area contributed by atoms with Gasteiger partial charge in [-0.1, -0.05) is 0 Å². The van der Waals surface area contributed by atoms with E-state index in [1.807, 2.05) is 35.6 Å². The van der Waals surface area contributed by atoms with Gasteiger partial charge in [-0.15, -0.1) is 0 Å². The number of benzene rings is 1. The Bertz CT molecular complexity index is 735. The van der Waals surface area contributed by atoms with Gasteiger partial charge in [-0.25, -0.2) is 9.59 Å². The molecule has 0 bridgehead atoms. The summed E-state index contributed by atoms with van der Waals surface area (Å²) in [4.78, 5) is 23.1. The topological polar surface area (TPSA) is 65.7 Å². The lowest BCUT2D eigenvalue weighted by Gasteiger charge is -2.15. The van der Waals surface area contributed by atoms with Crippen molar-refractivity contribution in [2.75, 3.05) is 6.61 Å². The smallest absolute Gasteiger partial charge is 0.347 e. The van der Waals surface area contributed by atoms with Crippen LogP contribution in [0.15, 0.2) is 27.4 Å². The lowest BCUT2D eigenvalue weighted by Crippen LogP contribution is -2.26. The molecule has 1 atom stereocenters. The normalized spacial score (nSPS) is 12.2. The van der Waals surface area contributed by atoms with Crippen LogP contribution < -0.4 is 10.4 Å². The van der Waals surface area contributed by atoms with Crippen LogP contribution in [0.5, 0.6) is 5.75 Å². The summed E-state index contributed by atoms with van der Waals surface area (Å²) in [6, 6.07) is 5.01. The second-order valence-corrected chi connectivity index (χ2v) is 5.59. The molecule has 21 heavy (non-hydrogen) atoms. The number of carbonyl (C=O) groups is 1. The summed E-state index contributed by atoms with van der Waals surface area (Å²) in [6.07, 6.45) is -0.729. The van der Waals surface area contributed by atoms with Gasteiger partial charge < -0.3 is 13.9 Å². The number of ether oxygens (including phenoxy) is 2. The fraction of sp³-hybridized carbons (Fsp3) is 0.333. The molecule has 2 rings (SSSR count). The second kappa shape index (κ2) is 6.46. The van der Waals surface area contributed by atoms with E-state index < -0.39 is 17.7 Å². The van der Waals surface area contributed by atoms with Crippen molar-refractivity contribution in [1.29, 1.82) is 0 Å². The molecule has 0 aliphatic heterocycles. The largest absolute Gasteiger partial charge is 0.478 e. The number of aryl methyl sites for hydroxylation is 1. The first kappa shape index (κ1) is 15.8. The molecule has 0 unspecified atom stereocenters. The van der Waals surface area contributed by atoms with Crippen LogP contribution in [0.25, 0.3) is 11.0 Å². The average Bonchev–Trinajstić information content (AvgIpc) is 2.42. The lowest BCUT2D eigenvalue weighted by molar-refractivity contribution is -0.150. The molecule has 1 aromatic carbocycles. The van der Waals surface area contributed by atoms with E-state index >= 15 is 0 Å². The molecule has 112 valence electrons.